The molecule has 96 valence electrons. The molecule has 2 nitrogen and oxygen atoms in total. The summed E-state index contributed by atoms with van der Waals surface area (Å²) in [6.45, 7) is 1.65. The molecule has 0 N–H and O–H groups in total. The van der Waals surface area contributed by atoms with Crippen LogP contribution in [0, 0.1) is 18.6 Å². The van der Waals surface area contributed by atoms with Crippen molar-refractivity contribution < 1.29 is 13.6 Å². The molecule has 0 unspecified atom stereocenters. The molecule has 0 bridgehead atoms. The summed E-state index contributed by atoms with van der Waals surface area (Å²) in [7, 11) is 0. The molecule has 0 saturated carbocycles. The van der Waals surface area contributed by atoms with Gasteiger partial charge in [0, 0.05) is 0 Å². The van der Waals surface area contributed by atoms with Gasteiger partial charge in [-0.1, -0.05) is 12.1 Å². The number of halogens is 2. The first-order valence-electron chi connectivity index (χ1n) is 5.66. The van der Waals surface area contributed by atoms with Crippen molar-refractivity contribution in [3.8, 4) is 0 Å². The van der Waals surface area contributed by atoms with Crippen LogP contribution in [0.5, 0.6) is 0 Å². The SMILES string of the molecule is Cc1cc(/C=C/C(=O)c2ccc(F)cn2)ccc1F. The first-order chi connectivity index (χ1) is 9.06. The summed E-state index contributed by atoms with van der Waals surface area (Å²) in [6.07, 6.45) is 3.88. The second-order valence-electron chi connectivity index (χ2n) is 4.07. The number of hydrogen-bond acceptors (Lipinski definition) is 2. The zero-order chi connectivity index (χ0) is 13.8. The third-order valence-electron chi connectivity index (χ3n) is 2.59. The number of nitrogens with zero attached hydrogens (tertiary/aromatic N) is 1. The average molecular weight is 259 g/mol. The van der Waals surface area contributed by atoms with Crippen molar-refractivity contribution in [3.63, 3.8) is 0 Å². The maximum Gasteiger partial charge on any atom is 0.204 e. The number of pyridine rings is 1. The van der Waals surface area contributed by atoms with Gasteiger partial charge in [0.15, 0.2) is 0 Å². The Morgan fingerprint density at radius 1 is 1.21 bits per heavy atom. The van der Waals surface area contributed by atoms with Crippen molar-refractivity contribution in [2.75, 3.05) is 0 Å². The fourth-order valence-corrected chi connectivity index (χ4v) is 1.55. The Labute approximate surface area is 109 Å². The van der Waals surface area contributed by atoms with Crippen molar-refractivity contribution in [1.82, 2.24) is 4.98 Å². The number of carbonyl (C=O) groups excluding carboxylic acids is 1. The highest BCUT2D eigenvalue weighted by Gasteiger charge is 2.03. The zero-order valence-corrected chi connectivity index (χ0v) is 10.2. The average Bonchev–Trinajstić information content (AvgIpc) is 2.40. The molecule has 0 amide bonds. The minimum Gasteiger partial charge on any atom is -0.288 e. The maximum atomic E-state index is 13.1. The van der Waals surface area contributed by atoms with Gasteiger partial charge < -0.3 is 0 Å². The summed E-state index contributed by atoms with van der Waals surface area (Å²) >= 11 is 0. The molecule has 1 aromatic carbocycles. The molecule has 4 heteroatoms. The number of hydrogen-bond donors (Lipinski definition) is 0. The molecule has 2 rings (SSSR count). The van der Waals surface area contributed by atoms with Crippen molar-refractivity contribution in [2.24, 2.45) is 0 Å². The summed E-state index contributed by atoms with van der Waals surface area (Å²) in [4.78, 5) is 15.4. The van der Waals surface area contributed by atoms with E-state index in [9.17, 15) is 13.6 Å². The highest BCUT2D eigenvalue weighted by Crippen LogP contribution is 2.11. The van der Waals surface area contributed by atoms with Gasteiger partial charge in [0.2, 0.25) is 5.78 Å². The highest BCUT2D eigenvalue weighted by atomic mass is 19.1. The first kappa shape index (κ1) is 13.1. The topological polar surface area (TPSA) is 30.0 Å². The number of ketones is 1. The second kappa shape index (κ2) is 5.52. The molecule has 0 spiro atoms. The quantitative estimate of drug-likeness (QED) is 0.623. The molecule has 0 aliphatic rings. The molecule has 0 radical (unpaired) electrons. The Hall–Kier alpha value is -2.36. The largest absolute Gasteiger partial charge is 0.288 e. The van der Waals surface area contributed by atoms with Crippen LogP contribution in [0.1, 0.15) is 21.6 Å². The lowest BCUT2D eigenvalue weighted by molar-refractivity contribution is 0.104. The number of benzene rings is 1. The van der Waals surface area contributed by atoms with Gasteiger partial charge in [-0.05, 0) is 48.4 Å². The molecule has 0 atom stereocenters. The lowest BCUT2D eigenvalue weighted by atomic mass is 10.1. The van der Waals surface area contributed by atoms with E-state index in [-0.39, 0.29) is 17.3 Å². The Bertz CT molecular complexity index is 633. The number of aromatic nitrogens is 1. The van der Waals surface area contributed by atoms with Gasteiger partial charge in [-0.2, -0.15) is 0 Å². The molecule has 0 aliphatic carbocycles. The van der Waals surface area contributed by atoms with Crippen molar-refractivity contribution >= 4 is 11.9 Å². The van der Waals surface area contributed by atoms with Crippen LogP contribution in [-0.2, 0) is 0 Å². The molecule has 1 aromatic heterocycles. The van der Waals surface area contributed by atoms with E-state index in [1.807, 2.05) is 0 Å². The minimum atomic E-state index is -0.491. The van der Waals surface area contributed by atoms with Gasteiger partial charge in [-0.3, -0.25) is 4.79 Å². The standard InChI is InChI=1S/C15H11F2NO/c1-10-8-11(2-5-13(10)17)3-7-15(19)14-6-4-12(16)9-18-14/h2-9H,1H3/b7-3+. The van der Waals surface area contributed by atoms with Gasteiger partial charge in [0.1, 0.15) is 17.3 Å². The maximum absolute atomic E-state index is 13.1. The van der Waals surface area contributed by atoms with Crippen LogP contribution in [0.15, 0.2) is 42.6 Å². The van der Waals surface area contributed by atoms with E-state index in [4.69, 9.17) is 0 Å². The third kappa shape index (κ3) is 3.31. The lowest BCUT2D eigenvalue weighted by Gasteiger charge is -1.98. The van der Waals surface area contributed by atoms with Crippen LogP contribution in [0.2, 0.25) is 0 Å². The van der Waals surface area contributed by atoms with E-state index in [0.29, 0.717) is 5.56 Å². The van der Waals surface area contributed by atoms with Crippen LogP contribution in [0.4, 0.5) is 8.78 Å². The van der Waals surface area contributed by atoms with Gasteiger partial charge in [-0.15, -0.1) is 0 Å². The van der Waals surface area contributed by atoms with E-state index < -0.39 is 5.82 Å². The summed E-state index contributed by atoms with van der Waals surface area (Å²) in [5.41, 5.74) is 1.39. The molecule has 19 heavy (non-hydrogen) atoms. The fraction of sp³-hybridized carbons (Fsp3) is 0.0667. The minimum absolute atomic E-state index is 0.163. The molecular formula is C15H11F2NO. The number of carbonyl (C=O) groups is 1. The van der Waals surface area contributed by atoms with Crippen LogP contribution >= 0.6 is 0 Å². The Morgan fingerprint density at radius 2 is 2.00 bits per heavy atom. The normalized spacial score (nSPS) is 10.9. The van der Waals surface area contributed by atoms with E-state index in [1.54, 1.807) is 25.1 Å². The van der Waals surface area contributed by atoms with Crippen LogP contribution in [-0.4, -0.2) is 10.8 Å². The predicted molar refractivity (Wildman–Crippen MR) is 68.7 cm³/mol. The fourth-order valence-electron chi connectivity index (χ4n) is 1.55. The van der Waals surface area contributed by atoms with Gasteiger partial charge in [0.05, 0.1) is 6.20 Å². The molecule has 2 aromatic rings. The molecule has 1 heterocycles. The van der Waals surface area contributed by atoms with Gasteiger partial charge in [-0.25, -0.2) is 13.8 Å². The van der Waals surface area contributed by atoms with Crippen LogP contribution in [0.25, 0.3) is 6.08 Å². The smallest absolute Gasteiger partial charge is 0.204 e. The summed E-state index contributed by atoms with van der Waals surface area (Å²) in [6, 6.07) is 7.05. The van der Waals surface area contributed by atoms with E-state index in [0.717, 1.165) is 11.8 Å². The van der Waals surface area contributed by atoms with Gasteiger partial charge in [0.25, 0.3) is 0 Å². The number of rotatable bonds is 3. The number of allylic oxidation sites excluding steroid dienone is 1. The summed E-state index contributed by atoms with van der Waals surface area (Å²) < 4.78 is 25.7. The third-order valence-corrected chi connectivity index (χ3v) is 2.59. The van der Waals surface area contributed by atoms with E-state index in [2.05, 4.69) is 4.98 Å². The molecular weight excluding hydrogens is 248 g/mol. The Kier molecular flexibility index (Phi) is 3.80. The predicted octanol–water partition coefficient (Wildman–Crippen LogP) is 3.56. The zero-order valence-electron chi connectivity index (χ0n) is 10.2. The van der Waals surface area contributed by atoms with Crippen molar-refractivity contribution in [2.45, 2.75) is 6.92 Å². The summed E-state index contributed by atoms with van der Waals surface area (Å²) in [5.74, 6) is -1.11. The molecule has 0 saturated heterocycles. The monoisotopic (exact) mass is 259 g/mol. The first-order valence-corrected chi connectivity index (χ1v) is 5.66. The van der Waals surface area contributed by atoms with Gasteiger partial charge >= 0.3 is 0 Å². The lowest BCUT2D eigenvalue weighted by Crippen LogP contribution is -1.98. The molecule has 0 aliphatic heterocycles. The highest BCUT2D eigenvalue weighted by molar-refractivity contribution is 6.05. The Morgan fingerprint density at radius 3 is 2.63 bits per heavy atom. The van der Waals surface area contributed by atoms with Crippen molar-refractivity contribution in [3.05, 3.63) is 71.1 Å². The summed E-state index contributed by atoms with van der Waals surface area (Å²) in [5, 5.41) is 0. The van der Waals surface area contributed by atoms with E-state index in [1.165, 1.54) is 24.3 Å². The van der Waals surface area contributed by atoms with Crippen LogP contribution in [0.3, 0.4) is 0 Å². The molecule has 0 fully saturated rings. The second-order valence-corrected chi connectivity index (χ2v) is 4.07. The van der Waals surface area contributed by atoms with Crippen molar-refractivity contribution in [1.29, 1.82) is 0 Å². The Balaban J connectivity index is 2.15. The van der Waals surface area contributed by atoms with E-state index >= 15 is 0 Å². The number of aryl methyl sites for hydroxylation is 1. The van der Waals surface area contributed by atoms with Crippen LogP contribution < -0.4 is 0 Å².